The van der Waals surface area contributed by atoms with Crippen LogP contribution in [-0.4, -0.2) is 31.3 Å². The van der Waals surface area contributed by atoms with E-state index in [1.54, 1.807) is 6.07 Å². The Kier molecular flexibility index (Phi) is 3.89. The van der Waals surface area contributed by atoms with Crippen LogP contribution in [0.3, 0.4) is 0 Å². The zero-order valence-electron chi connectivity index (χ0n) is 13.7. The molecule has 0 saturated carbocycles. The van der Waals surface area contributed by atoms with Crippen LogP contribution >= 0.6 is 0 Å². The van der Waals surface area contributed by atoms with Crippen LogP contribution in [0.25, 0.3) is 22.4 Å². The number of aromatic amines is 1. The summed E-state index contributed by atoms with van der Waals surface area (Å²) in [5.41, 5.74) is 2.50. The fourth-order valence-electron chi connectivity index (χ4n) is 2.74. The van der Waals surface area contributed by atoms with Crippen molar-refractivity contribution in [3.63, 3.8) is 0 Å². The summed E-state index contributed by atoms with van der Waals surface area (Å²) in [4.78, 5) is 8.98. The Morgan fingerprint density at radius 2 is 1.96 bits per heavy atom. The Bertz CT molecular complexity index is 1010. The van der Waals surface area contributed by atoms with Crippen molar-refractivity contribution < 1.29 is 4.39 Å². The summed E-state index contributed by atoms with van der Waals surface area (Å²) < 4.78 is 15.2. The molecule has 25 heavy (non-hydrogen) atoms. The molecule has 126 valence electrons. The number of H-pyrrole nitrogens is 1. The van der Waals surface area contributed by atoms with Crippen LogP contribution in [0.15, 0.2) is 48.5 Å². The van der Waals surface area contributed by atoms with Crippen LogP contribution < -0.4 is 5.32 Å². The molecule has 0 amide bonds. The molecule has 0 fully saturated rings. The molecule has 0 saturated heterocycles. The van der Waals surface area contributed by atoms with Crippen molar-refractivity contribution in [2.45, 2.75) is 6.42 Å². The molecule has 0 aliphatic rings. The van der Waals surface area contributed by atoms with Crippen molar-refractivity contribution in [1.29, 1.82) is 0 Å². The van der Waals surface area contributed by atoms with Crippen molar-refractivity contribution in [1.82, 2.24) is 24.7 Å². The Hall–Kier alpha value is -3.22. The fraction of sp³-hybridized carbons (Fsp3) is 0.167. The highest BCUT2D eigenvalue weighted by Crippen LogP contribution is 2.19. The van der Waals surface area contributed by atoms with Crippen molar-refractivity contribution in [2.75, 3.05) is 11.9 Å². The zero-order chi connectivity index (χ0) is 17.2. The number of fused-ring (bicyclic) bond motifs is 1. The van der Waals surface area contributed by atoms with E-state index in [-0.39, 0.29) is 5.82 Å². The monoisotopic (exact) mass is 336 g/mol. The quantitative estimate of drug-likeness (QED) is 0.587. The standard InChI is InChI=1S/C18H17FN6/c1-25-15-11-13(19)7-8-14(15)21-18(25)20-10-9-16-22-17(24-23-16)12-5-3-2-4-6-12/h2-8,11H,9-10H2,1H3,(H,20,21)(H,22,23,24). The maximum atomic E-state index is 13.4. The summed E-state index contributed by atoms with van der Waals surface area (Å²) in [6, 6.07) is 14.4. The van der Waals surface area contributed by atoms with Gasteiger partial charge in [0.2, 0.25) is 5.95 Å². The van der Waals surface area contributed by atoms with Crippen molar-refractivity contribution in [3.05, 3.63) is 60.2 Å². The normalized spacial score (nSPS) is 11.1. The lowest BCUT2D eigenvalue weighted by Crippen LogP contribution is -2.09. The SMILES string of the molecule is Cn1c(NCCc2nc(-c3ccccc3)n[nH]2)nc2ccc(F)cc21. The highest BCUT2D eigenvalue weighted by atomic mass is 19.1. The minimum absolute atomic E-state index is 0.267. The van der Waals surface area contributed by atoms with E-state index in [0.717, 1.165) is 22.4 Å². The molecule has 6 nitrogen and oxygen atoms in total. The lowest BCUT2D eigenvalue weighted by Gasteiger charge is -2.04. The predicted molar refractivity (Wildman–Crippen MR) is 94.7 cm³/mol. The second-order valence-electron chi connectivity index (χ2n) is 5.78. The van der Waals surface area contributed by atoms with Crippen LogP contribution in [-0.2, 0) is 13.5 Å². The molecular weight excluding hydrogens is 319 g/mol. The number of aryl methyl sites for hydroxylation is 1. The van der Waals surface area contributed by atoms with Gasteiger partial charge in [-0.05, 0) is 18.2 Å². The highest BCUT2D eigenvalue weighted by molar-refractivity contribution is 5.78. The number of anilines is 1. The first kappa shape index (κ1) is 15.3. The molecule has 4 aromatic rings. The summed E-state index contributed by atoms with van der Waals surface area (Å²) in [5.74, 6) is 1.92. The molecule has 2 heterocycles. The predicted octanol–water partition coefficient (Wildman–Crippen LogP) is 3.15. The third-order valence-corrected chi connectivity index (χ3v) is 4.05. The fourth-order valence-corrected chi connectivity index (χ4v) is 2.74. The number of rotatable bonds is 5. The molecule has 0 unspecified atom stereocenters. The number of aromatic nitrogens is 5. The molecule has 2 N–H and O–H groups in total. The maximum absolute atomic E-state index is 13.4. The van der Waals surface area contributed by atoms with Crippen molar-refractivity contribution >= 4 is 17.0 Å². The van der Waals surface area contributed by atoms with E-state index in [4.69, 9.17) is 0 Å². The third kappa shape index (κ3) is 3.08. The zero-order valence-corrected chi connectivity index (χ0v) is 13.7. The second kappa shape index (κ2) is 6.35. The van der Waals surface area contributed by atoms with E-state index in [9.17, 15) is 4.39 Å². The summed E-state index contributed by atoms with van der Waals surface area (Å²) in [5, 5.41) is 10.5. The number of hydrogen-bond acceptors (Lipinski definition) is 4. The van der Waals surface area contributed by atoms with Crippen LogP contribution in [0, 0.1) is 5.82 Å². The Morgan fingerprint density at radius 3 is 2.80 bits per heavy atom. The second-order valence-corrected chi connectivity index (χ2v) is 5.78. The Morgan fingerprint density at radius 1 is 1.12 bits per heavy atom. The van der Waals surface area contributed by atoms with Gasteiger partial charge in [-0.25, -0.2) is 14.4 Å². The molecule has 4 rings (SSSR count). The molecule has 0 atom stereocenters. The van der Waals surface area contributed by atoms with Gasteiger partial charge in [-0.3, -0.25) is 5.10 Å². The van der Waals surface area contributed by atoms with Gasteiger partial charge in [-0.15, -0.1) is 0 Å². The first-order valence-corrected chi connectivity index (χ1v) is 8.03. The third-order valence-electron chi connectivity index (χ3n) is 4.05. The molecule has 0 aliphatic heterocycles. The van der Waals surface area contributed by atoms with Gasteiger partial charge >= 0.3 is 0 Å². The number of nitrogens with zero attached hydrogens (tertiary/aromatic N) is 4. The average Bonchev–Trinajstić information content (AvgIpc) is 3.22. The lowest BCUT2D eigenvalue weighted by molar-refractivity contribution is 0.629. The number of imidazole rings is 1. The van der Waals surface area contributed by atoms with Crippen LogP contribution in [0.2, 0.25) is 0 Å². The number of nitrogens with one attached hydrogen (secondary N) is 2. The summed E-state index contributed by atoms with van der Waals surface area (Å²) in [6.45, 7) is 0.642. The molecule has 0 aliphatic carbocycles. The van der Waals surface area contributed by atoms with E-state index in [1.165, 1.54) is 12.1 Å². The first-order chi connectivity index (χ1) is 12.2. The van der Waals surface area contributed by atoms with Crippen LogP contribution in [0.1, 0.15) is 5.82 Å². The molecule has 0 bridgehead atoms. The van der Waals surface area contributed by atoms with Gasteiger partial charge in [0.05, 0.1) is 11.0 Å². The number of benzene rings is 2. The minimum Gasteiger partial charge on any atom is -0.355 e. The largest absolute Gasteiger partial charge is 0.355 e. The van der Waals surface area contributed by atoms with Gasteiger partial charge in [0.1, 0.15) is 11.6 Å². The van der Waals surface area contributed by atoms with Crippen LogP contribution in [0.4, 0.5) is 10.3 Å². The number of hydrogen-bond donors (Lipinski definition) is 2. The van der Waals surface area contributed by atoms with Crippen molar-refractivity contribution in [2.24, 2.45) is 7.05 Å². The topological polar surface area (TPSA) is 71.4 Å². The minimum atomic E-state index is -0.267. The molecular formula is C18H17FN6. The molecule has 7 heteroatoms. The smallest absolute Gasteiger partial charge is 0.203 e. The van der Waals surface area contributed by atoms with E-state index >= 15 is 0 Å². The summed E-state index contributed by atoms with van der Waals surface area (Å²) >= 11 is 0. The van der Waals surface area contributed by atoms with Gasteiger partial charge in [0.15, 0.2) is 5.82 Å². The molecule has 2 aromatic heterocycles. The van der Waals surface area contributed by atoms with Gasteiger partial charge in [0, 0.05) is 25.6 Å². The highest BCUT2D eigenvalue weighted by Gasteiger charge is 2.09. The summed E-state index contributed by atoms with van der Waals surface area (Å²) in [7, 11) is 1.86. The lowest BCUT2D eigenvalue weighted by atomic mass is 10.2. The Balaban J connectivity index is 1.43. The van der Waals surface area contributed by atoms with Gasteiger partial charge in [-0.2, -0.15) is 5.10 Å². The Labute approximate surface area is 143 Å². The molecule has 0 spiro atoms. The summed E-state index contributed by atoms with van der Waals surface area (Å²) in [6.07, 6.45) is 0.678. The van der Waals surface area contributed by atoms with E-state index < -0.39 is 0 Å². The number of halogens is 1. The molecule has 0 radical (unpaired) electrons. The average molecular weight is 336 g/mol. The first-order valence-electron chi connectivity index (χ1n) is 8.03. The van der Waals surface area contributed by atoms with Crippen LogP contribution in [0.5, 0.6) is 0 Å². The van der Waals surface area contributed by atoms with E-state index in [2.05, 4.69) is 25.5 Å². The van der Waals surface area contributed by atoms with Gasteiger partial charge in [-0.1, -0.05) is 30.3 Å². The maximum Gasteiger partial charge on any atom is 0.203 e. The van der Waals surface area contributed by atoms with E-state index in [1.807, 2.05) is 41.9 Å². The van der Waals surface area contributed by atoms with Gasteiger partial charge < -0.3 is 9.88 Å². The van der Waals surface area contributed by atoms with Crippen molar-refractivity contribution in [3.8, 4) is 11.4 Å². The molecule has 2 aromatic carbocycles. The van der Waals surface area contributed by atoms with Gasteiger partial charge in [0.25, 0.3) is 0 Å². The van der Waals surface area contributed by atoms with E-state index in [0.29, 0.717) is 24.7 Å².